The van der Waals surface area contributed by atoms with Crippen LogP contribution in [-0.4, -0.2) is 27.1 Å². The van der Waals surface area contributed by atoms with Crippen LogP contribution in [0.5, 0.6) is 0 Å². The first-order valence-corrected chi connectivity index (χ1v) is 8.30. The minimum atomic E-state index is -2.52. The van der Waals surface area contributed by atoms with Gasteiger partial charge in [0.15, 0.2) is 10.8 Å². The molecule has 9 heteroatoms. The summed E-state index contributed by atoms with van der Waals surface area (Å²) in [6.45, 7) is 1.38. The average molecular weight is 363 g/mol. The van der Waals surface area contributed by atoms with Gasteiger partial charge in [0, 0.05) is 23.0 Å². The third-order valence-corrected chi connectivity index (χ3v) is 4.09. The number of hydrogen-bond donors (Lipinski definition) is 2. The summed E-state index contributed by atoms with van der Waals surface area (Å²) >= 11 is 1.51. The maximum Gasteiger partial charge on any atom is 0.276 e. The topological polar surface area (TPSA) is 71.8 Å². The summed E-state index contributed by atoms with van der Waals surface area (Å²) < 4.78 is 25.6. The third kappa shape index (κ3) is 4.60. The number of alkyl halides is 2. The number of thiazole rings is 1. The molecule has 3 rings (SSSR count). The number of hydrogen-bond acceptors (Lipinski definition) is 5. The summed E-state index contributed by atoms with van der Waals surface area (Å²) in [7, 11) is 0. The van der Waals surface area contributed by atoms with Crippen LogP contribution in [0.1, 0.15) is 16.2 Å². The molecule has 2 heterocycles. The van der Waals surface area contributed by atoms with E-state index in [1.807, 2.05) is 24.4 Å². The van der Waals surface area contributed by atoms with E-state index in [0.29, 0.717) is 5.69 Å². The van der Waals surface area contributed by atoms with Gasteiger partial charge in [0.05, 0.1) is 5.69 Å². The molecule has 3 aromatic rings. The van der Waals surface area contributed by atoms with Gasteiger partial charge in [0.25, 0.3) is 12.3 Å². The Morgan fingerprint density at radius 1 is 1.24 bits per heavy atom. The number of nitrogens with zero attached hydrogens (tertiary/aromatic N) is 3. The summed E-state index contributed by atoms with van der Waals surface area (Å²) in [5, 5.41) is 12.4. The minimum absolute atomic E-state index is 0.0844. The van der Waals surface area contributed by atoms with Crippen LogP contribution in [0, 0.1) is 6.92 Å². The number of anilines is 3. The van der Waals surface area contributed by atoms with Gasteiger partial charge >= 0.3 is 0 Å². The van der Waals surface area contributed by atoms with Crippen molar-refractivity contribution >= 4 is 33.8 Å². The van der Waals surface area contributed by atoms with E-state index in [0.717, 1.165) is 21.2 Å². The lowest BCUT2D eigenvalue weighted by molar-refractivity contribution is 0.101. The molecule has 0 saturated heterocycles. The van der Waals surface area contributed by atoms with Crippen molar-refractivity contribution in [2.75, 3.05) is 10.6 Å². The largest absolute Gasteiger partial charge is 0.332 e. The highest BCUT2D eigenvalue weighted by Crippen LogP contribution is 2.22. The molecule has 2 aromatic heterocycles. The van der Waals surface area contributed by atoms with Crippen LogP contribution in [0.15, 0.2) is 41.9 Å². The van der Waals surface area contributed by atoms with Crippen molar-refractivity contribution in [3.63, 3.8) is 0 Å². The van der Waals surface area contributed by atoms with Crippen LogP contribution >= 0.6 is 11.3 Å². The summed E-state index contributed by atoms with van der Waals surface area (Å²) in [5.74, 6) is -0.454. The Kier molecular flexibility index (Phi) is 5.03. The van der Waals surface area contributed by atoms with Gasteiger partial charge in [0.1, 0.15) is 6.54 Å². The van der Waals surface area contributed by atoms with Crippen molar-refractivity contribution < 1.29 is 13.6 Å². The molecule has 1 aromatic carbocycles. The smallest absolute Gasteiger partial charge is 0.276 e. The lowest BCUT2D eigenvalue weighted by Gasteiger charge is -2.06. The van der Waals surface area contributed by atoms with E-state index in [-0.39, 0.29) is 5.69 Å². The first kappa shape index (κ1) is 17.0. The molecule has 2 N–H and O–H groups in total. The van der Waals surface area contributed by atoms with Gasteiger partial charge in [-0.1, -0.05) is 0 Å². The van der Waals surface area contributed by atoms with Gasteiger partial charge in [-0.2, -0.15) is 5.10 Å². The molecule has 0 bridgehead atoms. The van der Waals surface area contributed by atoms with Crippen LogP contribution in [0.4, 0.5) is 25.3 Å². The fourth-order valence-electron chi connectivity index (χ4n) is 2.09. The third-order valence-electron chi connectivity index (χ3n) is 3.21. The Morgan fingerprint density at radius 2 is 1.96 bits per heavy atom. The Hall–Kier alpha value is -2.81. The first-order valence-electron chi connectivity index (χ1n) is 7.42. The first-order chi connectivity index (χ1) is 12.0. The maximum atomic E-state index is 12.3. The number of amides is 1. The molecular formula is C16H15F2N5OS. The van der Waals surface area contributed by atoms with Crippen molar-refractivity contribution in [3.8, 4) is 0 Å². The van der Waals surface area contributed by atoms with Crippen molar-refractivity contribution in [1.82, 2.24) is 14.8 Å². The molecule has 130 valence electrons. The van der Waals surface area contributed by atoms with Gasteiger partial charge in [0.2, 0.25) is 0 Å². The highest BCUT2D eigenvalue weighted by atomic mass is 32.1. The Balaban J connectivity index is 1.60. The highest BCUT2D eigenvalue weighted by Gasteiger charge is 2.12. The molecule has 0 fully saturated rings. The van der Waals surface area contributed by atoms with Gasteiger partial charge in [-0.15, -0.1) is 11.3 Å². The zero-order chi connectivity index (χ0) is 17.8. The predicted octanol–water partition coefficient (Wildman–Crippen LogP) is 3.91. The monoisotopic (exact) mass is 363 g/mol. The molecule has 25 heavy (non-hydrogen) atoms. The Labute approximate surface area is 146 Å². The minimum Gasteiger partial charge on any atom is -0.332 e. The van der Waals surface area contributed by atoms with Gasteiger partial charge < -0.3 is 10.6 Å². The van der Waals surface area contributed by atoms with Gasteiger partial charge in [-0.25, -0.2) is 13.8 Å². The number of carbonyl (C=O) groups excluding carboxylic acids is 1. The lowest BCUT2D eigenvalue weighted by Crippen LogP contribution is -2.14. The molecule has 0 aliphatic heterocycles. The molecule has 0 saturated carbocycles. The van der Waals surface area contributed by atoms with E-state index in [4.69, 9.17) is 0 Å². The van der Waals surface area contributed by atoms with Crippen LogP contribution in [0.25, 0.3) is 0 Å². The number of aromatic nitrogens is 3. The maximum absolute atomic E-state index is 12.3. The number of benzene rings is 1. The van der Waals surface area contributed by atoms with E-state index in [1.54, 1.807) is 12.1 Å². The molecule has 0 aliphatic rings. The normalized spacial score (nSPS) is 10.9. The summed E-state index contributed by atoms with van der Waals surface area (Å²) in [6.07, 6.45) is -1.16. The van der Waals surface area contributed by atoms with Crippen LogP contribution < -0.4 is 10.6 Å². The summed E-state index contributed by atoms with van der Waals surface area (Å²) in [4.78, 5) is 16.4. The number of aryl methyl sites for hydroxylation is 1. The highest BCUT2D eigenvalue weighted by molar-refractivity contribution is 7.13. The molecule has 6 nitrogen and oxygen atoms in total. The SMILES string of the molecule is Cc1csc(Nc2ccc(NC(=O)c3ccn(CC(F)F)n3)cc2)n1. The molecule has 0 aliphatic carbocycles. The van der Waals surface area contributed by atoms with E-state index < -0.39 is 18.9 Å². The van der Waals surface area contributed by atoms with E-state index in [2.05, 4.69) is 20.7 Å². The summed E-state index contributed by atoms with van der Waals surface area (Å²) in [5.41, 5.74) is 2.45. The second-order valence-corrected chi connectivity index (χ2v) is 6.12. The lowest BCUT2D eigenvalue weighted by atomic mass is 10.2. The van der Waals surface area contributed by atoms with Gasteiger partial charge in [-0.3, -0.25) is 9.48 Å². The van der Waals surface area contributed by atoms with Crippen molar-refractivity contribution in [3.05, 3.63) is 53.3 Å². The van der Waals surface area contributed by atoms with E-state index >= 15 is 0 Å². The van der Waals surface area contributed by atoms with Crippen LogP contribution in [0.2, 0.25) is 0 Å². The van der Waals surface area contributed by atoms with E-state index in [9.17, 15) is 13.6 Å². The number of rotatable bonds is 6. The number of halogens is 2. The molecular weight excluding hydrogens is 348 g/mol. The molecule has 1 amide bonds. The standard InChI is InChI=1S/C16H15F2N5OS/c1-10-9-25-16(19-10)21-12-4-2-11(3-5-12)20-15(24)13-6-7-23(22-13)8-14(17)18/h2-7,9,14H,8H2,1H3,(H,19,21)(H,20,24). The van der Waals surface area contributed by atoms with Crippen molar-refractivity contribution in [1.29, 1.82) is 0 Å². The molecule has 0 atom stereocenters. The Bertz CT molecular complexity index is 860. The Morgan fingerprint density at radius 3 is 2.60 bits per heavy atom. The molecule has 0 radical (unpaired) electrons. The number of nitrogens with one attached hydrogen (secondary N) is 2. The predicted molar refractivity (Wildman–Crippen MR) is 92.8 cm³/mol. The summed E-state index contributed by atoms with van der Waals surface area (Å²) in [6, 6.07) is 8.48. The number of carbonyl (C=O) groups is 1. The van der Waals surface area contributed by atoms with Crippen molar-refractivity contribution in [2.45, 2.75) is 19.9 Å². The fourth-order valence-corrected chi connectivity index (χ4v) is 2.80. The van der Waals surface area contributed by atoms with Crippen LogP contribution in [0.3, 0.4) is 0 Å². The van der Waals surface area contributed by atoms with Gasteiger partial charge in [-0.05, 0) is 37.3 Å². The fraction of sp³-hybridized carbons (Fsp3) is 0.188. The van der Waals surface area contributed by atoms with Crippen LogP contribution in [-0.2, 0) is 6.54 Å². The zero-order valence-corrected chi connectivity index (χ0v) is 14.1. The van der Waals surface area contributed by atoms with Crippen molar-refractivity contribution in [2.24, 2.45) is 0 Å². The molecule has 0 unspecified atom stereocenters. The van der Waals surface area contributed by atoms with E-state index in [1.165, 1.54) is 23.6 Å². The average Bonchev–Trinajstić information content (AvgIpc) is 3.18. The second-order valence-electron chi connectivity index (χ2n) is 5.26. The quantitative estimate of drug-likeness (QED) is 0.697. The second kappa shape index (κ2) is 7.39. The zero-order valence-electron chi connectivity index (χ0n) is 13.2. The molecule has 0 spiro atoms.